The number of aromatic nitrogens is 4. The van der Waals surface area contributed by atoms with Gasteiger partial charge < -0.3 is 0 Å². The zero-order valence-corrected chi connectivity index (χ0v) is 16.7. The Kier molecular flexibility index (Phi) is 3.76. The molecule has 0 saturated heterocycles. The second-order valence-electron chi connectivity index (χ2n) is 9.88. The van der Waals surface area contributed by atoms with Gasteiger partial charge in [0.15, 0.2) is 0 Å². The van der Waals surface area contributed by atoms with Gasteiger partial charge in [-0.3, -0.25) is 4.79 Å². The molecule has 1 aromatic rings. The number of aromatic amines is 1. The van der Waals surface area contributed by atoms with Gasteiger partial charge in [-0.15, -0.1) is 10.2 Å². The van der Waals surface area contributed by atoms with Gasteiger partial charge in [0.25, 0.3) is 0 Å². The van der Waals surface area contributed by atoms with Gasteiger partial charge in [0.05, 0.1) is 0 Å². The summed E-state index contributed by atoms with van der Waals surface area (Å²) in [6.07, 6.45) is 13.0. The number of rotatable bonds is 2. The zero-order chi connectivity index (χ0) is 18.8. The minimum Gasteiger partial charge on any atom is -0.300 e. The lowest BCUT2D eigenvalue weighted by atomic mass is 9.47. The Balaban J connectivity index is 1.48. The van der Waals surface area contributed by atoms with E-state index >= 15 is 0 Å². The fourth-order valence-corrected chi connectivity index (χ4v) is 7.47. The molecule has 1 N–H and O–H groups in total. The smallest absolute Gasteiger partial charge is 0.200 e. The van der Waals surface area contributed by atoms with E-state index in [9.17, 15) is 4.79 Å². The average molecular weight is 367 g/mol. The predicted octanol–water partition coefficient (Wildman–Crippen LogP) is 4.36. The molecule has 0 bridgehead atoms. The SMILES string of the molecule is CC(=O)[C@H]1CCC2C3CC=C4C=C(c5nn[nH]n5)CC[C@]4(C)C3CC[C@@]21C. The lowest BCUT2D eigenvalue weighted by Gasteiger charge is -2.57. The maximum absolute atomic E-state index is 12.3. The fraction of sp³-hybridized carbons (Fsp3) is 0.727. The number of ketones is 1. The number of Topliss-reactive ketones (excluding diaryl/α,β-unsaturated/α-hetero) is 1. The normalized spacial score (nSPS) is 43.2. The Morgan fingerprint density at radius 2 is 2.04 bits per heavy atom. The average Bonchev–Trinajstić information content (AvgIpc) is 3.28. The van der Waals surface area contributed by atoms with Gasteiger partial charge in [-0.2, -0.15) is 5.21 Å². The highest BCUT2D eigenvalue weighted by molar-refractivity contribution is 5.79. The molecule has 27 heavy (non-hydrogen) atoms. The summed E-state index contributed by atoms with van der Waals surface area (Å²) < 4.78 is 0. The molecule has 4 aliphatic carbocycles. The van der Waals surface area contributed by atoms with Crippen molar-refractivity contribution in [1.29, 1.82) is 0 Å². The van der Waals surface area contributed by atoms with E-state index in [4.69, 9.17) is 0 Å². The number of tetrazole rings is 1. The molecule has 1 heterocycles. The Morgan fingerprint density at radius 3 is 2.78 bits per heavy atom. The van der Waals surface area contributed by atoms with E-state index in [2.05, 4.69) is 46.6 Å². The van der Waals surface area contributed by atoms with Crippen LogP contribution in [0.1, 0.15) is 71.5 Å². The van der Waals surface area contributed by atoms with Gasteiger partial charge >= 0.3 is 0 Å². The minimum absolute atomic E-state index is 0.231. The van der Waals surface area contributed by atoms with E-state index in [-0.39, 0.29) is 16.7 Å². The largest absolute Gasteiger partial charge is 0.300 e. The number of H-pyrrole nitrogens is 1. The topological polar surface area (TPSA) is 71.5 Å². The van der Waals surface area contributed by atoms with Gasteiger partial charge in [-0.25, -0.2) is 0 Å². The van der Waals surface area contributed by atoms with Crippen LogP contribution < -0.4 is 0 Å². The van der Waals surface area contributed by atoms with Crippen LogP contribution in [-0.2, 0) is 4.79 Å². The highest BCUT2D eigenvalue weighted by atomic mass is 16.1. The van der Waals surface area contributed by atoms with Crippen molar-refractivity contribution in [3.8, 4) is 0 Å². The van der Waals surface area contributed by atoms with Crippen molar-refractivity contribution >= 4 is 11.4 Å². The minimum atomic E-state index is 0.231. The highest BCUT2D eigenvalue weighted by Crippen LogP contribution is 2.66. The van der Waals surface area contributed by atoms with E-state index in [0.717, 1.165) is 36.9 Å². The molecule has 5 nitrogen and oxygen atoms in total. The van der Waals surface area contributed by atoms with E-state index in [1.54, 1.807) is 0 Å². The van der Waals surface area contributed by atoms with Crippen LogP contribution in [0.25, 0.3) is 5.57 Å². The Morgan fingerprint density at radius 1 is 1.19 bits per heavy atom. The second-order valence-corrected chi connectivity index (χ2v) is 9.88. The maximum Gasteiger partial charge on any atom is 0.200 e. The van der Waals surface area contributed by atoms with Crippen molar-refractivity contribution in [1.82, 2.24) is 20.6 Å². The van der Waals surface area contributed by atoms with E-state index in [0.29, 0.717) is 11.7 Å². The van der Waals surface area contributed by atoms with Crippen LogP contribution >= 0.6 is 0 Å². The number of carbonyl (C=O) groups is 1. The molecule has 3 unspecified atom stereocenters. The van der Waals surface area contributed by atoms with Crippen molar-refractivity contribution in [3.05, 3.63) is 23.5 Å². The van der Waals surface area contributed by atoms with E-state index in [1.807, 2.05) is 6.92 Å². The third kappa shape index (κ3) is 2.36. The molecule has 2 fully saturated rings. The molecule has 6 atom stereocenters. The Labute approximate surface area is 161 Å². The molecular formula is C22H30N4O. The van der Waals surface area contributed by atoms with Crippen molar-refractivity contribution in [2.45, 2.75) is 65.7 Å². The van der Waals surface area contributed by atoms with Gasteiger partial charge in [0.1, 0.15) is 5.78 Å². The lowest BCUT2D eigenvalue weighted by Crippen LogP contribution is -2.49. The zero-order valence-electron chi connectivity index (χ0n) is 16.7. The second kappa shape index (κ2) is 5.86. The van der Waals surface area contributed by atoms with Gasteiger partial charge in [0, 0.05) is 11.5 Å². The van der Waals surface area contributed by atoms with Gasteiger partial charge in [-0.1, -0.05) is 26.0 Å². The van der Waals surface area contributed by atoms with E-state index < -0.39 is 0 Å². The summed E-state index contributed by atoms with van der Waals surface area (Å²) in [4.78, 5) is 12.3. The van der Waals surface area contributed by atoms with Crippen molar-refractivity contribution in [2.75, 3.05) is 0 Å². The third-order valence-electron chi connectivity index (χ3n) is 8.89. The summed E-state index contributed by atoms with van der Waals surface area (Å²) in [5, 5.41) is 14.7. The maximum atomic E-state index is 12.3. The first kappa shape index (κ1) is 17.3. The first-order chi connectivity index (χ1) is 12.9. The van der Waals surface area contributed by atoms with Crippen LogP contribution in [0.3, 0.4) is 0 Å². The number of fused-ring (bicyclic) bond motifs is 5. The van der Waals surface area contributed by atoms with E-state index in [1.165, 1.54) is 36.8 Å². The third-order valence-corrected chi connectivity index (χ3v) is 8.89. The first-order valence-corrected chi connectivity index (χ1v) is 10.6. The summed E-state index contributed by atoms with van der Waals surface area (Å²) in [7, 11) is 0. The molecule has 2 saturated carbocycles. The molecule has 5 heteroatoms. The highest BCUT2D eigenvalue weighted by Gasteiger charge is 2.58. The fourth-order valence-electron chi connectivity index (χ4n) is 7.47. The molecule has 0 spiro atoms. The molecule has 1 aromatic heterocycles. The summed E-state index contributed by atoms with van der Waals surface area (Å²) >= 11 is 0. The Bertz CT molecular complexity index is 825. The molecule has 4 aliphatic rings. The standard InChI is InChI=1S/C22H30N4O/c1-13(27)17-6-7-18-16-5-4-15-12-14(20-23-25-26-24-20)8-10-21(15,2)19(16)9-11-22(17,18)3/h4,12,16-19H,5-11H2,1-3H3,(H,23,24,25,26)/t16?,17-,18?,19?,21+,22-/m1/s1. The predicted molar refractivity (Wildman–Crippen MR) is 103 cm³/mol. The van der Waals surface area contributed by atoms with Crippen LogP contribution in [0.4, 0.5) is 0 Å². The summed E-state index contributed by atoms with van der Waals surface area (Å²) in [6.45, 7) is 6.72. The van der Waals surface area contributed by atoms with Crippen molar-refractivity contribution in [3.63, 3.8) is 0 Å². The molecule has 0 amide bonds. The molecule has 0 aromatic carbocycles. The quantitative estimate of drug-likeness (QED) is 0.844. The number of carbonyl (C=O) groups excluding carboxylic acids is 1. The van der Waals surface area contributed by atoms with Crippen LogP contribution in [0.15, 0.2) is 17.7 Å². The van der Waals surface area contributed by atoms with Crippen LogP contribution in [0.5, 0.6) is 0 Å². The summed E-state index contributed by atoms with van der Waals surface area (Å²) in [5.41, 5.74) is 3.18. The molecule has 5 rings (SSSR count). The summed E-state index contributed by atoms with van der Waals surface area (Å²) in [5.74, 6) is 3.64. The number of nitrogens with one attached hydrogen (secondary N) is 1. The van der Waals surface area contributed by atoms with Crippen LogP contribution in [0.2, 0.25) is 0 Å². The van der Waals surface area contributed by atoms with Crippen LogP contribution in [-0.4, -0.2) is 26.4 Å². The number of hydrogen-bond donors (Lipinski definition) is 1. The number of nitrogens with zero attached hydrogens (tertiary/aromatic N) is 3. The molecule has 0 aliphatic heterocycles. The molecule has 144 valence electrons. The van der Waals surface area contributed by atoms with Gasteiger partial charge in [-0.05, 0) is 91.2 Å². The number of allylic oxidation sites excluding steroid dienone is 4. The first-order valence-electron chi connectivity index (χ1n) is 10.6. The summed E-state index contributed by atoms with van der Waals surface area (Å²) in [6, 6.07) is 0. The van der Waals surface area contributed by atoms with Crippen molar-refractivity contribution in [2.24, 2.45) is 34.5 Å². The van der Waals surface area contributed by atoms with Crippen LogP contribution in [0, 0.1) is 34.5 Å². The Hall–Kier alpha value is -1.78. The lowest BCUT2D eigenvalue weighted by molar-refractivity contribution is -0.127. The molecular weight excluding hydrogens is 336 g/mol. The monoisotopic (exact) mass is 366 g/mol. The number of hydrogen-bond acceptors (Lipinski definition) is 4. The molecule has 0 radical (unpaired) electrons. The van der Waals surface area contributed by atoms with Gasteiger partial charge in [0.2, 0.25) is 5.82 Å². The van der Waals surface area contributed by atoms with Crippen molar-refractivity contribution < 1.29 is 4.79 Å².